The molecule has 3 saturated heterocycles. The number of phenols is 1. The summed E-state index contributed by atoms with van der Waals surface area (Å²) in [4.78, 5) is 19.1. The molecule has 6 heterocycles. The van der Waals surface area contributed by atoms with Gasteiger partial charge in [0.15, 0.2) is 5.82 Å². The van der Waals surface area contributed by atoms with E-state index < -0.39 is 24.2 Å². The van der Waals surface area contributed by atoms with Crippen molar-refractivity contribution in [3.63, 3.8) is 0 Å². The normalized spacial score (nSPS) is 24.6. The number of hydrogen-bond donors (Lipinski definition) is 2. The first-order valence-corrected chi connectivity index (χ1v) is 18.2. The van der Waals surface area contributed by atoms with Crippen LogP contribution >= 0.6 is 0 Å². The molecule has 5 aliphatic rings. The predicted octanol–water partition coefficient (Wildman–Crippen LogP) is 7.22. The van der Waals surface area contributed by atoms with E-state index in [-0.39, 0.29) is 46.4 Å². The summed E-state index contributed by atoms with van der Waals surface area (Å²) in [7, 11) is 0. The van der Waals surface area contributed by atoms with Gasteiger partial charge in [0.2, 0.25) is 0 Å². The minimum atomic E-state index is -4.13. The number of phenolic OH excluding ortho intramolecular Hbond substituents is 1. The van der Waals surface area contributed by atoms with Crippen molar-refractivity contribution in [1.82, 2.24) is 25.2 Å². The Morgan fingerprint density at radius 1 is 1.00 bits per heavy atom. The summed E-state index contributed by atoms with van der Waals surface area (Å²) in [5.74, 6) is -0.917. The van der Waals surface area contributed by atoms with Crippen LogP contribution in [0.15, 0.2) is 24.3 Å². The second-order valence-corrected chi connectivity index (χ2v) is 15.7. The highest BCUT2D eigenvalue weighted by Crippen LogP contribution is 2.48. The van der Waals surface area contributed by atoms with Gasteiger partial charge in [-0.1, -0.05) is 6.07 Å². The number of halogens is 5. The van der Waals surface area contributed by atoms with E-state index in [1.54, 1.807) is 13.0 Å². The zero-order valence-corrected chi connectivity index (χ0v) is 28.5. The molecule has 3 atom stereocenters. The molecule has 2 bridgehead atoms. The fourth-order valence-corrected chi connectivity index (χ4v) is 9.30. The van der Waals surface area contributed by atoms with E-state index in [9.17, 15) is 22.7 Å². The van der Waals surface area contributed by atoms with Gasteiger partial charge in [0.25, 0.3) is 0 Å². The zero-order chi connectivity index (χ0) is 35.2. The van der Waals surface area contributed by atoms with Gasteiger partial charge in [-0.3, -0.25) is 0 Å². The van der Waals surface area contributed by atoms with Crippen LogP contribution < -0.4 is 15.0 Å². The van der Waals surface area contributed by atoms with Crippen molar-refractivity contribution in [2.24, 2.45) is 11.3 Å². The standard InChI is InChI=1S/C38H41F5N6O2/c1-20-26(39)4-2-22-14-24(50)15-25(30(20)22)33-32(40)34-31-28(45-33)6-7-29-27-5-3-23(44-27)17-49(29)35(31)47-36(46-34)51-19-37(10-11-37)18-48-12-8-21(9-13-48)16-38(41,42)43/h2,4,14-15,21,23,27,29,44,50H,3,5-13,16-19H2,1H3/t23-,27+,29-/m1/s1. The zero-order valence-electron chi connectivity index (χ0n) is 28.5. The molecule has 9 rings (SSSR count). The Morgan fingerprint density at radius 3 is 2.57 bits per heavy atom. The number of nitrogens with one attached hydrogen (secondary N) is 1. The van der Waals surface area contributed by atoms with E-state index in [0.29, 0.717) is 83.8 Å². The van der Waals surface area contributed by atoms with Gasteiger partial charge in [-0.25, -0.2) is 13.8 Å². The van der Waals surface area contributed by atoms with E-state index in [1.807, 2.05) is 0 Å². The average molecular weight is 709 g/mol. The first-order chi connectivity index (χ1) is 24.4. The van der Waals surface area contributed by atoms with Gasteiger partial charge in [-0.05, 0) is 112 Å². The second-order valence-electron chi connectivity index (χ2n) is 15.7. The van der Waals surface area contributed by atoms with Gasteiger partial charge in [0.05, 0.1) is 17.7 Å². The first kappa shape index (κ1) is 33.0. The number of piperazine rings is 1. The van der Waals surface area contributed by atoms with Crippen molar-refractivity contribution in [1.29, 1.82) is 0 Å². The lowest BCUT2D eigenvalue weighted by molar-refractivity contribution is -0.147. The molecule has 4 aromatic rings. The molecule has 2 N–H and O–H groups in total. The molecule has 0 unspecified atom stereocenters. The third kappa shape index (κ3) is 6.03. The van der Waals surface area contributed by atoms with Gasteiger partial charge in [-0.15, -0.1) is 0 Å². The summed E-state index contributed by atoms with van der Waals surface area (Å²) < 4.78 is 77.2. The van der Waals surface area contributed by atoms with Crippen LogP contribution in [0.5, 0.6) is 11.8 Å². The van der Waals surface area contributed by atoms with Crippen LogP contribution in [0.25, 0.3) is 32.9 Å². The van der Waals surface area contributed by atoms with Gasteiger partial charge < -0.3 is 25.0 Å². The van der Waals surface area contributed by atoms with Gasteiger partial charge in [-0.2, -0.15) is 23.1 Å². The first-order valence-electron chi connectivity index (χ1n) is 18.2. The van der Waals surface area contributed by atoms with Crippen molar-refractivity contribution >= 4 is 27.5 Å². The molecular formula is C38H41F5N6O2. The predicted molar refractivity (Wildman–Crippen MR) is 183 cm³/mol. The maximum absolute atomic E-state index is 17.1. The number of benzene rings is 2. The third-order valence-electron chi connectivity index (χ3n) is 12.1. The molecular weight excluding hydrogens is 667 g/mol. The molecule has 1 saturated carbocycles. The summed E-state index contributed by atoms with van der Waals surface area (Å²) in [6, 6.07) is 6.64. The topological polar surface area (TPSA) is 86.6 Å². The largest absolute Gasteiger partial charge is 0.508 e. The lowest BCUT2D eigenvalue weighted by Crippen LogP contribution is -2.58. The van der Waals surface area contributed by atoms with Crippen LogP contribution in [0.1, 0.15) is 62.6 Å². The summed E-state index contributed by atoms with van der Waals surface area (Å²) in [6.07, 6.45) is 1.50. The number of alkyl halides is 3. The maximum atomic E-state index is 17.1. The van der Waals surface area contributed by atoms with Crippen molar-refractivity contribution in [3.8, 4) is 23.0 Å². The van der Waals surface area contributed by atoms with Crippen LogP contribution in [0, 0.1) is 29.9 Å². The number of fused-ring (bicyclic) bond motifs is 6. The number of aryl methyl sites for hydroxylation is 2. The number of pyridine rings is 1. The number of nitrogens with zero attached hydrogens (tertiary/aromatic N) is 5. The van der Waals surface area contributed by atoms with E-state index in [2.05, 4.69) is 15.1 Å². The van der Waals surface area contributed by atoms with Gasteiger partial charge in [0.1, 0.15) is 28.6 Å². The number of ether oxygens (including phenoxy) is 1. The Hall–Kier alpha value is -3.84. The highest BCUT2D eigenvalue weighted by atomic mass is 19.4. The Bertz CT molecular complexity index is 2030. The van der Waals surface area contributed by atoms with E-state index in [0.717, 1.165) is 45.2 Å². The molecule has 51 heavy (non-hydrogen) atoms. The Balaban J connectivity index is 1.08. The van der Waals surface area contributed by atoms with Crippen molar-refractivity contribution in [2.45, 2.75) is 89.0 Å². The Morgan fingerprint density at radius 2 is 1.80 bits per heavy atom. The molecule has 8 nitrogen and oxygen atoms in total. The number of aromatic hydroxyl groups is 1. The molecule has 1 aliphatic carbocycles. The van der Waals surface area contributed by atoms with E-state index in [4.69, 9.17) is 19.7 Å². The minimum Gasteiger partial charge on any atom is -0.508 e. The molecule has 2 aromatic carbocycles. The lowest BCUT2D eigenvalue weighted by atomic mass is 9.92. The Labute approximate surface area is 292 Å². The third-order valence-corrected chi connectivity index (χ3v) is 12.1. The fourth-order valence-electron chi connectivity index (χ4n) is 9.30. The second kappa shape index (κ2) is 12.1. The smallest absolute Gasteiger partial charge is 0.389 e. The molecule has 4 fully saturated rings. The summed E-state index contributed by atoms with van der Waals surface area (Å²) in [5, 5.41) is 16.0. The van der Waals surface area contributed by atoms with Crippen LogP contribution in [0.2, 0.25) is 0 Å². The number of hydrogen-bond acceptors (Lipinski definition) is 8. The highest BCUT2D eigenvalue weighted by molar-refractivity contribution is 6.02. The molecule has 4 aliphatic heterocycles. The minimum absolute atomic E-state index is 0.00481. The molecule has 0 spiro atoms. The van der Waals surface area contributed by atoms with E-state index >= 15 is 4.39 Å². The van der Waals surface area contributed by atoms with Gasteiger partial charge in [0, 0.05) is 48.6 Å². The van der Waals surface area contributed by atoms with Crippen LogP contribution in [-0.2, 0) is 6.42 Å². The van der Waals surface area contributed by atoms with Crippen LogP contribution in [0.3, 0.4) is 0 Å². The van der Waals surface area contributed by atoms with E-state index in [1.165, 1.54) is 18.2 Å². The molecule has 0 radical (unpaired) electrons. The molecule has 2 aromatic heterocycles. The van der Waals surface area contributed by atoms with Crippen molar-refractivity contribution in [2.75, 3.05) is 37.7 Å². The van der Waals surface area contributed by atoms with Crippen molar-refractivity contribution in [3.05, 3.63) is 47.2 Å². The summed E-state index contributed by atoms with van der Waals surface area (Å²) >= 11 is 0. The van der Waals surface area contributed by atoms with Crippen LogP contribution in [0.4, 0.5) is 27.8 Å². The monoisotopic (exact) mass is 708 g/mol. The molecule has 13 heteroatoms. The highest BCUT2D eigenvalue weighted by Gasteiger charge is 2.47. The molecule has 270 valence electrons. The quantitative estimate of drug-likeness (QED) is 0.195. The van der Waals surface area contributed by atoms with Crippen LogP contribution in [-0.4, -0.2) is 82.0 Å². The lowest BCUT2D eigenvalue weighted by Gasteiger charge is -2.41. The Kier molecular flexibility index (Phi) is 7.84. The summed E-state index contributed by atoms with van der Waals surface area (Å²) in [6.45, 7) is 4.66. The number of likely N-dealkylation sites (tertiary alicyclic amines) is 1. The molecule has 0 amide bonds. The van der Waals surface area contributed by atoms with Gasteiger partial charge >= 0.3 is 12.2 Å². The van der Waals surface area contributed by atoms with Crippen molar-refractivity contribution < 1.29 is 31.8 Å². The number of anilines is 1. The number of rotatable bonds is 7. The maximum Gasteiger partial charge on any atom is 0.389 e. The fraction of sp³-hybridized carbons (Fsp3) is 0.553. The number of piperidine rings is 1. The SMILES string of the molecule is Cc1c(F)ccc2cc(O)cc(-c3nc4c5c(nc(OCC6(CN7CCC(CC(F)(F)F)CC7)CC6)nc5c3F)N3C[C@H]5CC[C@H](N5)[C@H]3CC4)c12. The average Bonchev–Trinajstić information content (AvgIpc) is 3.78. The summed E-state index contributed by atoms with van der Waals surface area (Å²) in [5.41, 5.74) is 1.21. The number of aromatic nitrogens is 3.